The predicted molar refractivity (Wildman–Crippen MR) is 101 cm³/mol. The second-order valence-corrected chi connectivity index (χ2v) is 6.28. The van der Waals surface area contributed by atoms with Crippen LogP contribution in [0, 0.1) is 5.82 Å². The van der Waals surface area contributed by atoms with Crippen LogP contribution in [0.2, 0.25) is 0 Å². The van der Waals surface area contributed by atoms with Crippen molar-refractivity contribution in [2.45, 2.75) is 12.6 Å². The lowest BCUT2D eigenvalue weighted by Gasteiger charge is -2.25. The SMILES string of the molecule is O=C(NCc1ccc(Oc2ccc(F)cc2)cc1)C1COc2ccccc2O1. The minimum Gasteiger partial charge on any atom is -0.485 e. The van der Waals surface area contributed by atoms with Gasteiger partial charge in [0.15, 0.2) is 11.5 Å². The first-order valence-corrected chi connectivity index (χ1v) is 8.86. The molecule has 0 aromatic heterocycles. The lowest BCUT2D eigenvalue weighted by molar-refractivity contribution is -0.130. The third-order valence-corrected chi connectivity index (χ3v) is 4.24. The normalized spacial score (nSPS) is 15.0. The van der Waals surface area contributed by atoms with Gasteiger partial charge in [-0.05, 0) is 54.1 Å². The first kappa shape index (κ1) is 17.9. The van der Waals surface area contributed by atoms with E-state index in [0.29, 0.717) is 29.5 Å². The first-order chi connectivity index (χ1) is 13.7. The smallest absolute Gasteiger partial charge is 0.264 e. The van der Waals surface area contributed by atoms with Crippen LogP contribution in [-0.4, -0.2) is 18.6 Å². The second-order valence-electron chi connectivity index (χ2n) is 6.28. The highest BCUT2D eigenvalue weighted by Crippen LogP contribution is 2.30. The van der Waals surface area contributed by atoms with E-state index in [2.05, 4.69) is 5.32 Å². The number of para-hydroxylation sites is 2. The van der Waals surface area contributed by atoms with Crippen molar-refractivity contribution >= 4 is 5.91 Å². The molecule has 0 bridgehead atoms. The number of halogens is 1. The zero-order valence-corrected chi connectivity index (χ0v) is 14.9. The summed E-state index contributed by atoms with van der Waals surface area (Å²) >= 11 is 0. The molecule has 0 saturated heterocycles. The van der Waals surface area contributed by atoms with Crippen molar-refractivity contribution in [2.75, 3.05) is 6.61 Å². The van der Waals surface area contributed by atoms with Crippen LogP contribution in [0.5, 0.6) is 23.0 Å². The van der Waals surface area contributed by atoms with Crippen molar-refractivity contribution in [1.29, 1.82) is 0 Å². The van der Waals surface area contributed by atoms with E-state index in [0.717, 1.165) is 5.56 Å². The summed E-state index contributed by atoms with van der Waals surface area (Å²) in [6.07, 6.45) is -0.684. The molecule has 1 aliphatic heterocycles. The van der Waals surface area contributed by atoms with Crippen molar-refractivity contribution < 1.29 is 23.4 Å². The molecule has 1 heterocycles. The van der Waals surface area contributed by atoms with E-state index < -0.39 is 6.10 Å². The summed E-state index contributed by atoms with van der Waals surface area (Å²) < 4.78 is 29.8. The van der Waals surface area contributed by atoms with Gasteiger partial charge in [0.05, 0.1) is 0 Å². The van der Waals surface area contributed by atoms with Gasteiger partial charge in [-0.25, -0.2) is 4.39 Å². The zero-order valence-electron chi connectivity index (χ0n) is 14.9. The molecular weight excluding hydrogens is 361 g/mol. The highest BCUT2D eigenvalue weighted by atomic mass is 19.1. The average molecular weight is 379 g/mol. The Hall–Kier alpha value is -3.54. The third-order valence-electron chi connectivity index (χ3n) is 4.24. The molecule has 5 nitrogen and oxygen atoms in total. The van der Waals surface area contributed by atoms with Crippen LogP contribution in [0.15, 0.2) is 72.8 Å². The number of nitrogens with one attached hydrogen (secondary N) is 1. The number of carbonyl (C=O) groups is 1. The quantitative estimate of drug-likeness (QED) is 0.726. The summed E-state index contributed by atoms with van der Waals surface area (Å²) in [6.45, 7) is 0.532. The minimum absolute atomic E-state index is 0.174. The number of ether oxygens (including phenoxy) is 3. The molecule has 0 aliphatic carbocycles. The van der Waals surface area contributed by atoms with Crippen LogP contribution >= 0.6 is 0 Å². The minimum atomic E-state index is -0.684. The van der Waals surface area contributed by atoms with Crippen molar-refractivity contribution in [3.63, 3.8) is 0 Å². The molecule has 1 atom stereocenters. The van der Waals surface area contributed by atoms with Gasteiger partial charge in [0, 0.05) is 6.54 Å². The standard InChI is InChI=1S/C22H18FNO4/c23-16-7-11-18(12-8-16)27-17-9-5-15(6-10-17)13-24-22(25)21-14-26-19-3-1-2-4-20(19)28-21/h1-12,21H,13-14H2,(H,24,25). The van der Waals surface area contributed by atoms with Crippen molar-refractivity contribution in [3.05, 3.63) is 84.2 Å². The molecule has 0 fully saturated rings. The molecule has 0 spiro atoms. The summed E-state index contributed by atoms with van der Waals surface area (Å²) in [7, 11) is 0. The Labute approximate surface area is 161 Å². The number of amides is 1. The maximum absolute atomic E-state index is 12.9. The molecular formula is C22H18FNO4. The maximum atomic E-state index is 12.9. The monoisotopic (exact) mass is 379 g/mol. The molecule has 142 valence electrons. The third kappa shape index (κ3) is 4.23. The van der Waals surface area contributed by atoms with Crippen LogP contribution in [0.3, 0.4) is 0 Å². The average Bonchev–Trinajstić information content (AvgIpc) is 2.74. The molecule has 4 rings (SSSR count). The molecule has 28 heavy (non-hydrogen) atoms. The molecule has 1 N–H and O–H groups in total. The van der Waals surface area contributed by atoms with Crippen LogP contribution in [0.25, 0.3) is 0 Å². The first-order valence-electron chi connectivity index (χ1n) is 8.86. The molecule has 0 radical (unpaired) electrons. The Balaban J connectivity index is 1.30. The molecule has 3 aromatic carbocycles. The van der Waals surface area contributed by atoms with Crippen LogP contribution in [0.4, 0.5) is 4.39 Å². The van der Waals surface area contributed by atoms with Crippen molar-refractivity contribution in [3.8, 4) is 23.0 Å². The number of fused-ring (bicyclic) bond motifs is 1. The molecule has 1 amide bonds. The van der Waals surface area contributed by atoms with Crippen LogP contribution in [-0.2, 0) is 11.3 Å². The van der Waals surface area contributed by atoms with Gasteiger partial charge in [-0.3, -0.25) is 4.79 Å². The number of hydrogen-bond donors (Lipinski definition) is 1. The Morgan fingerprint density at radius 3 is 2.32 bits per heavy atom. The van der Waals surface area contributed by atoms with Gasteiger partial charge < -0.3 is 19.5 Å². The van der Waals surface area contributed by atoms with Crippen molar-refractivity contribution in [1.82, 2.24) is 5.32 Å². The molecule has 1 aliphatic rings. The van der Waals surface area contributed by atoms with Gasteiger partial charge in [-0.2, -0.15) is 0 Å². The van der Waals surface area contributed by atoms with E-state index in [1.165, 1.54) is 12.1 Å². The van der Waals surface area contributed by atoms with E-state index in [1.54, 1.807) is 36.4 Å². The van der Waals surface area contributed by atoms with E-state index in [9.17, 15) is 9.18 Å². The van der Waals surface area contributed by atoms with Gasteiger partial charge in [0.1, 0.15) is 23.9 Å². The lowest BCUT2D eigenvalue weighted by Crippen LogP contribution is -2.43. The van der Waals surface area contributed by atoms with Gasteiger partial charge in [0.2, 0.25) is 6.10 Å². The Morgan fingerprint density at radius 1 is 0.964 bits per heavy atom. The van der Waals surface area contributed by atoms with E-state index in [4.69, 9.17) is 14.2 Å². The number of rotatable bonds is 5. The van der Waals surface area contributed by atoms with E-state index in [-0.39, 0.29) is 18.3 Å². The van der Waals surface area contributed by atoms with Crippen molar-refractivity contribution in [2.24, 2.45) is 0 Å². The van der Waals surface area contributed by atoms with Crippen LogP contribution < -0.4 is 19.5 Å². The summed E-state index contributed by atoms with van der Waals surface area (Å²) in [4.78, 5) is 12.3. The highest BCUT2D eigenvalue weighted by molar-refractivity contribution is 5.81. The van der Waals surface area contributed by atoms with E-state index >= 15 is 0 Å². The number of hydrogen-bond acceptors (Lipinski definition) is 4. The zero-order chi connectivity index (χ0) is 19.3. The fraction of sp³-hybridized carbons (Fsp3) is 0.136. The predicted octanol–water partition coefficient (Wildman–Crippen LogP) is 4.07. The summed E-state index contributed by atoms with van der Waals surface area (Å²) in [5.41, 5.74) is 0.914. The Morgan fingerprint density at radius 2 is 1.61 bits per heavy atom. The van der Waals surface area contributed by atoms with Gasteiger partial charge in [-0.1, -0.05) is 24.3 Å². The molecule has 1 unspecified atom stereocenters. The summed E-state index contributed by atoms with van der Waals surface area (Å²) in [6, 6.07) is 20.4. The fourth-order valence-corrected chi connectivity index (χ4v) is 2.77. The fourth-order valence-electron chi connectivity index (χ4n) is 2.77. The van der Waals surface area contributed by atoms with E-state index in [1.807, 2.05) is 24.3 Å². The lowest BCUT2D eigenvalue weighted by atomic mass is 10.2. The second kappa shape index (κ2) is 8.00. The van der Waals surface area contributed by atoms with Gasteiger partial charge in [0.25, 0.3) is 5.91 Å². The Bertz CT molecular complexity index is 957. The number of benzene rings is 3. The highest BCUT2D eigenvalue weighted by Gasteiger charge is 2.26. The Kier molecular flexibility index (Phi) is 5.10. The molecule has 3 aromatic rings. The molecule has 6 heteroatoms. The maximum Gasteiger partial charge on any atom is 0.264 e. The topological polar surface area (TPSA) is 56.8 Å². The summed E-state index contributed by atoms with van der Waals surface area (Å²) in [5, 5.41) is 2.85. The summed E-state index contributed by atoms with van der Waals surface area (Å²) in [5.74, 6) is 1.84. The van der Waals surface area contributed by atoms with Crippen LogP contribution in [0.1, 0.15) is 5.56 Å². The van der Waals surface area contributed by atoms with Gasteiger partial charge >= 0.3 is 0 Å². The number of carbonyl (C=O) groups excluding carboxylic acids is 1. The molecule has 0 saturated carbocycles. The largest absolute Gasteiger partial charge is 0.485 e. The van der Waals surface area contributed by atoms with Gasteiger partial charge in [-0.15, -0.1) is 0 Å².